The summed E-state index contributed by atoms with van der Waals surface area (Å²) >= 11 is 0. The molecular weight excluding hydrogens is 224 g/mol. The second kappa shape index (κ2) is 6.14. The van der Waals surface area contributed by atoms with Crippen LogP contribution in [0.5, 0.6) is 0 Å². The first-order chi connectivity index (χ1) is 8.74. The second-order valence-corrected chi connectivity index (χ2v) is 5.26. The molecule has 1 aromatic heterocycles. The van der Waals surface area contributed by atoms with Crippen molar-refractivity contribution < 1.29 is 0 Å². The quantitative estimate of drug-likeness (QED) is 0.827. The van der Waals surface area contributed by atoms with Gasteiger partial charge >= 0.3 is 0 Å². The Morgan fingerprint density at radius 3 is 2.72 bits per heavy atom. The maximum absolute atomic E-state index is 5.73. The Morgan fingerprint density at radius 2 is 2.00 bits per heavy atom. The predicted molar refractivity (Wildman–Crippen MR) is 74.8 cm³/mol. The van der Waals surface area contributed by atoms with E-state index in [1.165, 1.54) is 30.5 Å². The maximum Gasteiger partial charge on any atom is 0.135 e. The predicted octanol–water partition coefficient (Wildman–Crippen LogP) is 1.92. The first kappa shape index (κ1) is 13.3. The normalized spacial score (nSPS) is 15.3. The summed E-state index contributed by atoms with van der Waals surface area (Å²) in [5, 5.41) is 0. The molecule has 0 spiro atoms. The van der Waals surface area contributed by atoms with Gasteiger partial charge in [-0.1, -0.05) is 6.42 Å². The summed E-state index contributed by atoms with van der Waals surface area (Å²) in [4.78, 5) is 11.3. The van der Waals surface area contributed by atoms with E-state index >= 15 is 0 Å². The molecule has 0 bridgehead atoms. The molecule has 0 saturated carbocycles. The van der Waals surface area contributed by atoms with Crippen molar-refractivity contribution in [3.05, 3.63) is 17.6 Å². The molecule has 2 N–H and O–H groups in total. The minimum Gasteiger partial charge on any atom is -0.353 e. The number of anilines is 1. The number of aromatic nitrogens is 2. The molecule has 0 amide bonds. The van der Waals surface area contributed by atoms with Gasteiger partial charge in [0.2, 0.25) is 0 Å². The zero-order valence-corrected chi connectivity index (χ0v) is 11.5. The van der Waals surface area contributed by atoms with Crippen LogP contribution < -0.4 is 10.6 Å². The summed E-state index contributed by atoms with van der Waals surface area (Å²) in [5.74, 6) is 1.11. The highest BCUT2D eigenvalue weighted by Crippen LogP contribution is 2.27. The lowest BCUT2D eigenvalue weighted by molar-refractivity contribution is 0.665. The van der Waals surface area contributed by atoms with E-state index in [9.17, 15) is 0 Å². The molecule has 0 atom stereocenters. The van der Waals surface area contributed by atoms with Crippen LogP contribution in [-0.2, 0) is 12.8 Å². The zero-order valence-electron chi connectivity index (χ0n) is 11.5. The van der Waals surface area contributed by atoms with Crippen molar-refractivity contribution in [2.45, 2.75) is 52.0 Å². The van der Waals surface area contributed by atoms with Gasteiger partial charge in [-0.25, -0.2) is 9.97 Å². The standard InChI is InChI=1S/C14H24N4/c1-11(2)18(9-8-15)14-12-6-4-3-5-7-13(12)16-10-17-14/h10-11H,3-9,15H2,1-2H3. The molecule has 18 heavy (non-hydrogen) atoms. The van der Waals surface area contributed by atoms with E-state index in [2.05, 4.69) is 28.7 Å². The number of nitrogens with zero attached hydrogens (tertiary/aromatic N) is 3. The number of rotatable bonds is 4. The van der Waals surface area contributed by atoms with E-state index < -0.39 is 0 Å². The lowest BCUT2D eigenvalue weighted by atomic mass is 10.1. The SMILES string of the molecule is CC(C)N(CCN)c1ncnc2c1CCCCC2. The van der Waals surface area contributed by atoms with Crippen LogP contribution in [-0.4, -0.2) is 29.1 Å². The second-order valence-electron chi connectivity index (χ2n) is 5.26. The van der Waals surface area contributed by atoms with Crippen molar-refractivity contribution in [1.82, 2.24) is 9.97 Å². The molecule has 1 aliphatic carbocycles. The van der Waals surface area contributed by atoms with E-state index in [1.54, 1.807) is 6.33 Å². The third kappa shape index (κ3) is 2.80. The summed E-state index contributed by atoms with van der Waals surface area (Å²) in [5.41, 5.74) is 8.34. The van der Waals surface area contributed by atoms with Crippen LogP contribution in [0, 0.1) is 0 Å². The number of aryl methyl sites for hydroxylation is 1. The molecule has 1 aliphatic rings. The highest BCUT2D eigenvalue weighted by Gasteiger charge is 2.20. The fraction of sp³-hybridized carbons (Fsp3) is 0.714. The molecule has 4 heteroatoms. The third-order valence-electron chi connectivity index (χ3n) is 3.62. The number of hydrogen-bond donors (Lipinski definition) is 1. The highest BCUT2D eigenvalue weighted by molar-refractivity contribution is 5.49. The Morgan fingerprint density at radius 1 is 1.22 bits per heavy atom. The van der Waals surface area contributed by atoms with Gasteiger partial charge in [0.25, 0.3) is 0 Å². The van der Waals surface area contributed by atoms with Crippen LogP contribution in [0.1, 0.15) is 44.4 Å². The van der Waals surface area contributed by atoms with Gasteiger partial charge in [0.1, 0.15) is 12.1 Å². The Hall–Kier alpha value is -1.16. The monoisotopic (exact) mass is 248 g/mol. The minimum absolute atomic E-state index is 0.427. The minimum atomic E-state index is 0.427. The van der Waals surface area contributed by atoms with Gasteiger partial charge in [-0.2, -0.15) is 0 Å². The average molecular weight is 248 g/mol. The van der Waals surface area contributed by atoms with Crippen LogP contribution in [0.25, 0.3) is 0 Å². The number of hydrogen-bond acceptors (Lipinski definition) is 4. The molecule has 0 aromatic carbocycles. The Balaban J connectivity index is 2.36. The molecular formula is C14H24N4. The van der Waals surface area contributed by atoms with Crippen LogP contribution in [0.2, 0.25) is 0 Å². The molecule has 0 radical (unpaired) electrons. The molecule has 0 unspecified atom stereocenters. The molecule has 0 fully saturated rings. The molecule has 1 aromatic rings. The number of fused-ring (bicyclic) bond motifs is 1. The summed E-state index contributed by atoms with van der Waals surface area (Å²) in [6, 6.07) is 0.427. The van der Waals surface area contributed by atoms with Crippen LogP contribution in [0.4, 0.5) is 5.82 Å². The first-order valence-corrected chi connectivity index (χ1v) is 7.03. The van der Waals surface area contributed by atoms with E-state index in [-0.39, 0.29) is 0 Å². The Labute approximate surface area is 110 Å². The van der Waals surface area contributed by atoms with Gasteiger partial charge in [-0.15, -0.1) is 0 Å². The summed E-state index contributed by atoms with van der Waals surface area (Å²) in [7, 11) is 0. The average Bonchev–Trinajstić information content (AvgIpc) is 2.60. The van der Waals surface area contributed by atoms with E-state index in [4.69, 9.17) is 5.73 Å². The molecule has 1 heterocycles. The van der Waals surface area contributed by atoms with Crippen molar-refractivity contribution in [1.29, 1.82) is 0 Å². The zero-order chi connectivity index (χ0) is 13.0. The van der Waals surface area contributed by atoms with Crippen molar-refractivity contribution in [3.63, 3.8) is 0 Å². The number of nitrogens with two attached hydrogens (primary N) is 1. The molecule has 100 valence electrons. The van der Waals surface area contributed by atoms with E-state index in [0.29, 0.717) is 12.6 Å². The fourth-order valence-electron chi connectivity index (χ4n) is 2.68. The molecule has 0 aliphatic heterocycles. The van der Waals surface area contributed by atoms with Crippen LogP contribution in [0.15, 0.2) is 6.33 Å². The Kier molecular flexibility index (Phi) is 4.53. The largest absolute Gasteiger partial charge is 0.353 e. The lowest BCUT2D eigenvalue weighted by Crippen LogP contribution is -2.37. The topological polar surface area (TPSA) is 55.0 Å². The van der Waals surface area contributed by atoms with Crippen LogP contribution >= 0.6 is 0 Å². The third-order valence-corrected chi connectivity index (χ3v) is 3.62. The van der Waals surface area contributed by atoms with E-state index in [0.717, 1.165) is 25.2 Å². The Bertz CT molecular complexity index is 389. The highest BCUT2D eigenvalue weighted by atomic mass is 15.2. The molecule has 0 saturated heterocycles. The van der Waals surface area contributed by atoms with Crippen molar-refractivity contribution in [3.8, 4) is 0 Å². The van der Waals surface area contributed by atoms with Gasteiger partial charge in [-0.05, 0) is 39.5 Å². The summed E-state index contributed by atoms with van der Waals surface area (Å²) in [6.45, 7) is 5.92. The smallest absolute Gasteiger partial charge is 0.135 e. The van der Waals surface area contributed by atoms with Gasteiger partial charge in [-0.3, -0.25) is 0 Å². The molecule has 2 rings (SSSR count). The first-order valence-electron chi connectivity index (χ1n) is 7.03. The van der Waals surface area contributed by atoms with Crippen molar-refractivity contribution >= 4 is 5.82 Å². The van der Waals surface area contributed by atoms with Gasteiger partial charge in [0.05, 0.1) is 0 Å². The van der Waals surface area contributed by atoms with Gasteiger partial charge < -0.3 is 10.6 Å². The van der Waals surface area contributed by atoms with Gasteiger partial charge in [0.15, 0.2) is 0 Å². The van der Waals surface area contributed by atoms with Crippen LogP contribution in [0.3, 0.4) is 0 Å². The summed E-state index contributed by atoms with van der Waals surface area (Å²) < 4.78 is 0. The fourth-order valence-corrected chi connectivity index (χ4v) is 2.68. The van der Waals surface area contributed by atoms with E-state index in [1.807, 2.05) is 0 Å². The summed E-state index contributed by atoms with van der Waals surface area (Å²) in [6.07, 6.45) is 7.72. The van der Waals surface area contributed by atoms with Crippen molar-refractivity contribution in [2.75, 3.05) is 18.0 Å². The molecule has 4 nitrogen and oxygen atoms in total. The maximum atomic E-state index is 5.73. The van der Waals surface area contributed by atoms with Gasteiger partial charge in [0, 0.05) is 30.4 Å². The van der Waals surface area contributed by atoms with Crippen molar-refractivity contribution in [2.24, 2.45) is 5.73 Å². The lowest BCUT2D eigenvalue weighted by Gasteiger charge is -2.29.